The normalized spacial score (nSPS) is 10.3. The first kappa shape index (κ1) is 11.3. The average molecular weight is 396 g/mol. The molecule has 0 saturated carbocycles. The SMILES string of the molecule is Brc1csc(CNc2ncc(I)cn2)c1. The van der Waals surface area contributed by atoms with Gasteiger partial charge in [-0.15, -0.1) is 11.3 Å². The number of halogens is 2. The van der Waals surface area contributed by atoms with E-state index in [9.17, 15) is 0 Å². The number of nitrogens with zero attached hydrogens (tertiary/aromatic N) is 2. The zero-order chi connectivity index (χ0) is 10.7. The summed E-state index contributed by atoms with van der Waals surface area (Å²) in [5.74, 6) is 0.667. The van der Waals surface area contributed by atoms with Crippen molar-refractivity contribution in [2.45, 2.75) is 6.54 Å². The summed E-state index contributed by atoms with van der Waals surface area (Å²) >= 11 is 7.31. The van der Waals surface area contributed by atoms with Gasteiger partial charge < -0.3 is 5.32 Å². The van der Waals surface area contributed by atoms with Crippen LogP contribution in [0.4, 0.5) is 5.95 Å². The van der Waals surface area contributed by atoms with E-state index in [1.807, 2.05) is 0 Å². The van der Waals surface area contributed by atoms with Gasteiger partial charge in [0.1, 0.15) is 0 Å². The first-order chi connectivity index (χ1) is 7.24. The Balaban J connectivity index is 1.96. The molecule has 0 fully saturated rings. The Morgan fingerprint density at radius 1 is 1.40 bits per heavy atom. The molecule has 78 valence electrons. The van der Waals surface area contributed by atoms with Gasteiger partial charge in [-0.3, -0.25) is 0 Å². The molecule has 0 aliphatic rings. The molecule has 0 radical (unpaired) electrons. The van der Waals surface area contributed by atoms with E-state index in [1.165, 1.54) is 4.88 Å². The third kappa shape index (κ3) is 3.39. The molecule has 2 heterocycles. The van der Waals surface area contributed by atoms with Crippen molar-refractivity contribution in [3.63, 3.8) is 0 Å². The van der Waals surface area contributed by atoms with Crippen LogP contribution >= 0.6 is 49.9 Å². The second-order valence-corrected chi connectivity index (χ2v) is 5.97. The molecule has 0 bridgehead atoms. The molecular weight excluding hydrogens is 389 g/mol. The van der Waals surface area contributed by atoms with E-state index in [0.717, 1.165) is 14.6 Å². The number of aromatic nitrogens is 2. The van der Waals surface area contributed by atoms with Crippen LogP contribution in [0.2, 0.25) is 0 Å². The molecule has 0 aliphatic heterocycles. The lowest BCUT2D eigenvalue weighted by atomic mass is 10.5. The molecule has 0 atom stereocenters. The molecule has 2 aromatic rings. The van der Waals surface area contributed by atoms with Crippen LogP contribution in [0.25, 0.3) is 0 Å². The average Bonchev–Trinajstić information content (AvgIpc) is 2.64. The molecule has 0 aromatic carbocycles. The fraction of sp³-hybridized carbons (Fsp3) is 0.111. The standard InChI is InChI=1S/C9H7BrIN3S/c10-6-1-8(15-5-6)4-14-9-12-2-7(11)3-13-9/h1-3,5H,4H2,(H,12,13,14). The maximum absolute atomic E-state index is 4.16. The van der Waals surface area contributed by atoms with Crippen molar-refractivity contribution in [2.24, 2.45) is 0 Å². The molecular formula is C9H7BrIN3S. The van der Waals surface area contributed by atoms with Crippen LogP contribution in [0.15, 0.2) is 28.3 Å². The highest BCUT2D eigenvalue weighted by Gasteiger charge is 1.99. The summed E-state index contributed by atoms with van der Waals surface area (Å²) in [5.41, 5.74) is 0. The van der Waals surface area contributed by atoms with Crippen LogP contribution in [0.3, 0.4) is 0 Å². The number of rotatable bonds is 3. The highest BCUT2D eigenvalue weighted by molar-refractivity contribution is 14.1. The first-order valence-electron chi connectivity index (χ1n) is 4.18. The molecule has 6 heteroatoms. The van der Waals surface area contributed by atoms with Gasteiger partial charge in [-0.2, -0.15) is 0 Å². The summed E-state index contributed by atoms with van der Waals surface area (Å²) < 4.78 is 2.16. The van der Waals surface area contributed by atoms with E-state index in [0.29, 0.717) is 5.95 Å². The summed E-state index contributed by atoms with van der Waals surface area (Å²) in [5, 5.41) is 5.23. The molecule has 2 aromatic heterocycles. The van der Waals surface area contributed by atoms with Gasteiger partial charge in [0.15, 0.2) is 0 Å². The molecule has 0 amide bonds. The van der Waals surface area contributed by atoms with E-state index in [1.54, 1.807) is 23.7 Å². The van der Waals surface area contributed by atoms with Gasteiger partial charge >= 0.3 is 0 Å². The minimum absolute atomic E-state index is 0.667. The summed E-state index contributed by atoms with van der Waals surface area (Å²) in [4.78, 5) is 9.58. The number of nitrogens with one attached hydrogen (secondary N) is 1. The van der Waals surface area contributed by atoms with Gasteiger partial charge in [0.05, 0.1) is 6.54 Å². The van der Waals surface area contributed by atoms with Gasteiger partial charge in [0.2, 0.25) is 5.95 Å². The molecule has 1 N–H and O–H groups in total. The Morgan fingerprint density at radius 2 is 2.13 bits per heavy atom. The maximum atomic E-state index is 4.16. The minimum Gasteiger partial charge on any atom is -0.349 e. The smallest absolute Gasteiger partial charge is 0.222 e. The van der Waals surface area contributed by atoms with Crippen LogP contribution in [0.1, 0.15) is 4.88 Å². The quantitative estimate of drug-likeness (QED) is 0.808. The Kier molecular flexibility index (Phi) is 3.92. The van der Waals surface area contributed by atoms with Crippen LogP contribution in [-0.4, -0.2) is 9.97 Å². The van der Waals surface area contributed by atoms with E-state index < -0.39 is 0 Å². The van der Waals surface area contributed by atoms with Gasteiger partial charge in [-0.25, -0.2) is 9.97 Å². The molecule has 2 rings (SSSR count). The Hall–Kier alpha value is -0.210. The van der Waals surface area contributed by atoms with E-state index in [2.05, 4.69) is 65.3 Å². The number of anilines is 1. The van der Waals surface area contributed by atoms with Crippen molar-refractivity contribution in [1.82, 2.24) is 9.97 Å². The predicted molar refractivity (Wildman–Crippen MR) is 74.1 cm³/mol. The lowest BCUT2D eigenvalue weighted by Gasteiger charge is -2.01. The number of hydrogen-bond donors (Lipinski definition) is 1. The maximum Gasteiger partial charge on any atom is 0.222 e. The zero-order valence-electron chi connectivity index (χ0n) is 7.58. The van der Waals surface area contributed by atoms with Crippen molar-refractivity contribution in [2.75, 3.05) is 5.32 Å². The highest BCUT2D eigenvalue weighted by Crippen LogP contribution is 2.20. The highest BCUT2D eigenvalue weighted by atomic mass is 127. The third-order valence-corrected chi connectivity index (χ3v) is 3.92. The van der Waals surface area contributed by atoms with E-state index >= 15 is 0 Å². The fourth-order valence-electron chi connectivity index (χ4n) is 1.02. The molecule has 0 unspecified atom stereocenters. The van der Waals surface area contributed by atoms with E-state index in [-0.39, 0.29) is 0 Å². The van der Waals surface area contributed by atoms with E-state index in [4.69, 9.17) is 0 Å². The first-order valence-corrected chi connectivity index (χ1v) is 6.93. The van der Waals surface area contributed by atoms with Crippen LogP contribution in [-0.2, 0) is 6.54 Å². The number of thiophene rings is 1. The second kappa shape index (κ2) is 5.22. The van der Waals surface area contributed by atoms with Crippen molar-refractivity contribution >= 4 is 55.8 Å². The summed E-state index contributed by atoms with van der Waals surface area (Å²) in [6.07, 6.45) is 3.58. The molecule has 0 saturated heterocycles. The second-order valence-electron chi connectivity index (χ2n) is 2.81. The van der Waals surface area contributed by atoms with Gasteiger partial charge in [-0.05, 0) is 44.6 Å². The molecule has 0 aliphatic carbocycles. The Labute approximate surface area is 114 Å². The molecule has 3 nitrogen and oxygen atoms in total. The number of hydrogen-bond acceptors (Lipinski definition) is 4. The Bertz CT molecular complexity index is 443. The summed E-state index contributed by atoms with van der Waals surface area (Å²) in [6.45, 7) is 0.761. The van der Waals surface area contributed by atoms with Crippen LogP contribution in [0.5, 0.6) is 0 Å². The van der Waals surface area contributed by atoms with Crippen molar-refractivity contribution in [3.05, 3.63) is 36.8 Å². The monoisotopic (exact) mass is 395 g/mol. The lowest BCUT2D eigenvalue weighted by molar-refractivity contribution is 1.06. The summed E-state index contributed by atoms with van der Waals surface area (Å²) in [7, 11) is 0. The van der Waals surface area contributed by atoms with Gasteiger partial charge in [0.25, 0.3) is 0 Å². The van der Waals surface area contributed by atoms with Crippen LogP contribution < -0.4 is 5.32 Å². The molecule has 0 spiro atoms. The lowest BCUT2D eigenvalue weighted by Crippen LogP contribution is -2.01. The van der Waals surface area contributed by atoms with Crippen molar-refractivity contribution < 1.29 is 0 Å². The van der Waals surface area contributed by atoms with Crippen molar-refractivity contribution in [1.29, 1.82) is 0 Å². The third-order valence-electron chi connectivity index (χ3n) is 1.66. The topological polar surface area (TPSA) is 37.8 Å². The fourth-order valence-corrected chi connectivity index (χ4v) is 2.69. The summed E-state index contributed by atoms with van der Waals surface area (Å²) in [6, 6.07) is 2.09. The largest absolute Gasteiger partial charge is 0.349 e. The van der Waals surface area contributed by atoms with Crippen molar-refractivity contribution in [3.8, 4) is 0 Å². The predicted octanol–water partition coefficient (Wildman–Crippen LogP) is 3.52. The molecule has 15 heavy (non-hydrogen) atoms. The zero-order valence-corrected chi connectivity index (χ0v) is 12.1. The minimum atomic E-state index is 0.667. The van der Waals surface area contributed by atoms with Gasteiger partial charge in [-0.1, -0.05) is 0 Å². The Morgan fingerprint density at radius 3 is 2.73 bits per heavy atom. The van der Waals surface area contributed by atoms with Crippen LogP contribution in [0, 0.1) is 3.57 Å². The van der Waals surface area contributed by atoms with Gasteiger partial charge in [0, 0.05) is 30.7 Å².